The highest BCUT2D eigenvalue weighted by molar-refractivity contribution is 7.88. The Morgan fingerprint density at radius 2 is 1.98 bits per heavy atom. The summed E-state index contributed by atoms with van der Waals surface area (Å²) in [5, 5.41) is 0. The fourth-order valence-electron chi connectivity index (χ4n) is 4.47. The van der Waals surface area contributed by atoms with Gasteiger partial charge >= 0.3 is 0 Å². The molecule has 2 aromatic rings. The minimum Gasteiger partial charge on any atom is -0.350 e. The fraction of sp³-hybridized carbons (Fsp3) is 0.536. The Morgan fingerprint density at radius 3 is 2.60 bits per heavy atom. The Bertz CT molecular complexity index is 1180. The van der Waals surface area contributed by atoms with Crippen LogP contribution in [0.5, 0.6) is 0 Å². The van der Waals surface area contributed by atoms with E-state index in [-0.39, 0.29) is 18.9 Å². The first-order valence-electron chi connectivity index (χ1n) is 13.7. The molecule has 2 amide bonds. The number of carbonyl (C=O) groups excluding carboxylic acids is 2. The monoisotopic (exact) mass is 575 g/mol. The van der Waals surface area contributed by atoms with Crippen molar-refractivity contribution in [1.82, 2.24) is 24.9 Å². The van der Waals surface area contributed by atoms with Gasteiger partial charge in [0.05, 0.1) is 31.0 Å². The molecule has 1 unspecified atom stereocenters. The molecule has 2 N–H and O–H groups in total. The standard InChI is InChI=1S/C28H41N5O6S/c1-22(2)20-25(27(34)30-33(40(3,36)37)18-17-32-16-15-29-21-32)24(13-9-12-23-10-5-4-6-11-23)28(35)31-39-26-14-7-8-19-38-26/h4-6,9-12,15-16,21-22,24-26H,7-8,13-14,17-20H2,1-3H3,(H,30,34)(H,31,35)/b12-9+/t24-,25+,26?/m0/s1. The number of imidazole rings is 1. The van der Waals surface area contributed by atoms with Crippen molar-refractivity contribution in [3.05, 3.63) is 60.7 Å². The lowest BCUT2D eigenvalue weighted by molar-refractivity contribution is -0.203. The second-order valence-electron chi connectivity index (χ2n) is 10.4. The topological polar surface area (TPSA) is 132 Å². The molecule has 3 rings (SSSR count). The largest absolute Gasteiger partial charge is 0.350 e. The average Bonchev–Trinajstić information content (AvgIpc) is 3.45. The van der Waals surface area contributed by atoms with Crippen LogP contribution in [-0.4, -0.2) is 59.9 Å². The highest BCUT2D eigenvalue weighted by atomic mass is 32.2. The van der Waals surface area contributed by atoms with E-state index in [0.717, 1.165) is 29.1 Å². The first kappa shape index (κ1) is 31.5. The average molecular weight is 576 g/mol. The number of hydrogen-bond donors (Lipinski definition) is 2. The number of carbonyl (C=O) groups is 2. The Hall–Kier alpha value is -3.06. The Kier molecular flexibility index (Phi) is 12.3. The number of hydrogen-bond acceptors (Lipinski definition) is 7. The number of amides is 2. The number of hydroxylamine groups is 1. The molecule has 1 aromatic heterocycles. The molecule has 40 heavy (non-hydrogen) atoms. The van der Waals surface area contributed by atoms with Gasteiger partial charge in [-0.05, 0) is 37.2 Å². The van der Waals surface area contributed by atoms with Gasteiger partial charge in [0.15, 0.2) is 6.29 Å². The van der Waals surface area contributed by atoms with Crippen LogP contribution < -0.4 is 10.9 Å². The lowest BCUT2D eigenvalue weighted by Gasteiger charge is -2.30. The van der Waals surface area contributed by atoms with E-state index >= 15 is 0 Å². The third-order valence-electron chi connectivity index (χ3n) is 6.57. The van der Waals surface area contributed by atoms with Gasteiger partial charge in [0.2, 0.25) is 21.8 Å². The fourth-order valence-corrected chi connectivity index (χ4v) is 5.14. The van der Waals surface area contributed by atoms with Gasteiger partial charge in [0.25, 0.3) is 0 Å². The maximum absolute atomic E-state index is 13.7. The van der Waals surface area contributed by atoms with E-state index in [1.54, 1.807) is 23.3 Å². The Morgan fingerprint density at radius 1 is 1.20 bits per heavy atom. The molecule has 12 heteroatoms. The van der Waals surface area contributed by atoms with E-state index < -0.39 is 40.0 Å². The van der Waals surface area contributed by atoms with Crippen LogP contribution in [0.15, 0.2) is 55.1 Å². The summed E-state index contributed by atoms with van der Waals surface area (Å²) in [7, 11) is -3.79. The van der Waals surface area contributed by atoms with E-state index in [4.69, 9.17) is 9.57 Å². The third-order valence-corrected chi connectivity index (χ3v) is 7.64. The minimum atomic E-state index is -3.79. The van der Waals surface area contributed by atoms with E-state index in [0.29, 0.717) is 26.0 Å². The summed E-state index contributed by atoms with van der Waals surface area (Å²) in [6.07, 6.45) is 12.2. The van der Waals surface area contributed by atoms with Gasteiger partial charge in [-0.3, -0.25) is 15.0 Å². The second-order valence-corrected chi connectivity index (χ2v) is 12.3. The zero-order valence-electron chi connectivity index (χ0n) is 23.4. The van der Waals surface area contributed by atoms with Crippen LogP contribution in [0, 0.1) is 17.8 Å². The van der Waals surface area contributed by atoms with E-state index in [2.05, 4.69) is 15.9 Å². The van der Waals surface area contributed by atoms with Crippen molar-refractivity contribution in [1.29, 1.82) is 0 Å². The number of aromatic nitrogens is 2. The molecule has 1 fully saturated rings. The number of nitrogens with one attached hydrogen (secondary N) is 2. The van der Waals surface area contributed by atoms with Gasteiger partial charge in [-0.15, -0.1) is 4.41 Å². The van der Waals surface area contributed by atoms with E-state index in [1.807, 2.05) is 56.3 Å². The van der Waals surface area contributed by atoms with Crippen molar-refractivity contribution < 1.29 is 27.6 Å². The van der Waals surface area contributed by atoms with Gasteiger partial charge < -0.3 is 9.30 Å². The summed E-state index contributed by atoms with van der Waals surface area (Å²) in [6.45, 7) is 4.76. The molecule has 1 aromatic carbocycles. The summed E-state index contributed by atoms with van der Waals surface area (Å²) in [4.78, 5) is 36.7. The van der Waals surface area contributed by atoms with Crippen molar-refractivity contribution in [2.45, 2.75) is 58.8 Å². The SMILES string of the molecule is CC(C)C[C@@H](C(=O)NN(CCn1ccnc1)S(C)(=O)=O)[C@H](C/C=C/c1ccccc1)C(=O)NOC1CCCCO1. The van der Waals surface area contributed by atoms with Crippen molar-refractivity contribution >= 4 is 27.9 Å². The van der Waals surface area contributed by atoms with Crippen LogP contribution in [0.25, 0.3) is 6.08 Å². The van der Waals surface area contributed by atoms with E-state index in [1.165, 1.54) is 0 Å². The van der Waals surface area contributed by atoms with Gasteiger partial charge in [-0.2, -0.15) is 0 Å². The highest BCUT2D eigenvalue weighted by Gasteiger charge is 2.36. The highest BCUT2D eigenvalue weighted by Crippen LogP contribution is 2.26. The number of hydrazine groups is 1. The minimum absolute atomic E-state index is 0.00222. The molecule has 220 valence electrons. The van der Waals surface area contributed by atoms with Crippen molar-refractivity contribution in [3.63, 3.8) is 0 Å². The van der Waals surface area contributed by atoms with Crippen molar-refractivity contribution in [3.8, 4) is 0 Å². The van der Waals surface area contributed by atoms with Crippen LogP contribution in [0.4, 0.5) is 0 Å². The summed E-state index contributed by atoms with van der Waals surface area (Å²) in [5.41, 5.74) is 6.05. The number of allylic oxidation sites excluding steroid dienone is 1. The first-order valence-corrected chi connectivity index (χ1v) is 15.5. The normalized spacial score (nSPS) is 17.7. The van der Waals surface area contributed by atoms with Crippen LogP contribution in [-0.2, 0) is 35.7 Å². The lowest BCUT2D eigenvalue weighted by Crippen LogP contribution is -2.51. The molecule has 1 aliphatic rings. The number of rotatable bonds is 15. The Labute approximate surface area is 236 Å². The number of sulfonamides is 1. The van der Waals surface area contributed by atoms with Crippen molar-refractivity contribution in [2.75, 3.05) is 19.4 Å². The maximum Gasteiger partial charge on any atom is 0.247 e. The van der Waals surface area contributed by atoms with Crippen molar-refractivity contribution in [2.24, 2.45) is 17.8 Å². The molecule has 2 heterocycles. The smallest absolute Gasteiger partial charge is 0.247 e. The van der Waals surface area contributed by atoms with Crippen LogP contribution in [0.1, 0.15) is 51.5 Å². The molecular formula is C28H41N5O6S. The Balaban J connectivity index is 1.80. The van der Waals surface area contributed by atoms with Gasteiger partial charge in [-0.25, -0.2) is 23.7 Å². The zero-order chi connectivity index (χ0) is 29.0. The predicted octanol–water partition coefficient (Wildman–Crippen LogP) is 3.13. The molecule has 11 nitrogen and oxygen atoms in total. The molecule has 0 bridgehead atoms. The van der Waals surface area contributed by atoms with Gasteiger partial charge in [-0.1, -0.05) is 56.3 Å². The van der Waals surface area contributed by atoms with Crippen LogP contribution in [0.3, 0.4) is 0 Å². The maximum atomic E-state index is 13.7. The quantitative estimate of drug-likeness (QED) is 0.312. The van der Waals surface area contributed by atoms with Gasteiger partial charge in [0, 0.05) is 32.0 Å². The van der Waals surface area contributed by atoms with Gasteiger partial charge in [0.1, 0.15) is 0 Å². The second kappa shape index (κ2) is 15.7. The first-order chi connectivity index (χ1) is 19.1. The lowest BCUT2D eigenvalue weighted by atomic mass is 9.82. The summed E-state index contributed by atoms with van der Waals surface area (Å²) >= 11 is 0. The zero-order valence-corrected chi connectivity index (χ0v) is 24.3. The number of ether oxygens (including phenoxy) is 1. The van der Waals surface area contributed by atoms with Crippen LogP contribution >= 0.6 is 0 Å². The molecule has 0 saturated carbocycles. The number of nitrogens with zero attached hydrogens (tertiary/aromatic N) is 3. The molecule has 3 atom stereocenters. The third kappa shape index (κ3) is 10.5. The molecule has 0 radical (unpaired) electrons. The van der Waals surface area contributed by atoms with E-state index in [9.17, 15) is 18.0 Å². The molecular weight excluding hydrogens is 534 g/mol. The predicted molar refractivity (Wildman–Crippen MR) is 151 cm³/mol. The molecule has 0 aliphatic carbocycles. The summed E-state index contributed by atoms with van der Waals surface area (Å²) in [5.74, 6) is -2.59. The molecule has 1 saturated heterocycles. The molecule has 1 aliphatic heterocycles. The molecule has 0 spiro atoms. The summed E-state index contributed by atoms with van der Waals surface area (Å²) < 4.78 is 33.3. The number of benzene rings is 1. The van der Waals surface area contributed by atoms with Crippen LogP contribution in [0.2, 0.25) is 0 Å². The summed E-state index contributed by atoms with van der Waals surface area (Å²) in [6, 6.07) is 9.64.